The highest BCUT2D eigenvalue weighted by Crippen LogP contribution is 2.26. The smallest absolute Gasteiger partial charge is 0.193 e. The van der Waals surface area contributed by atoms with E-state index in [1.54, 1.807) is 0 Å². The molecule has 0 radical (unpaired) electrons. The molecular formula is C19H13NO. The van der Waals surface area contributed by atoms with Gasteiger partial charge in [0, 0.05) is 32.9 Å². The fourth-order valence-corrected chi connectivity index (χ4v) is 2.75. The van der Waals surface area contributed by atoms with Gasteiger partial charge in [-0.15, -0.1) is 0 Å². The maximum atomic E-state index is 12.5. The van der Waals surface area contributed by atoms with Crippen molar-refractivity contribution in [3.63, 3.8) is 0 Å². The first kappa shape index (κ1) is 11.9. The number of aromatic nitrogens is 1. The van der Waals surface area contributed by atoms with Crippen LogP contribution in [-0.2, 0) is 0 Å². The van der Waals surface area contributed by atoms with Gasteiger partial charge in [-0.3, -0.25) is 4.79 Å². The Labute approximate surface area is 122 Å². The van der Waals surface area contributed by atoms with Crippen LogP contribution in [0.1, 0.15) is 15.9 Å². The molecule has 0 bridgehead atoms. The largest absolute Gasteiger partial charge is 0.355 e. The third kappa shape index (κ3) is 1.93. The van der Waals surface area contributed by atoms with Crippen molar-refractivity contribution in [2.24, 2.45) is 0 Å². The molecule has 4 aromatic rings. The summed E-state index contributed by atoms with van der Waals surface area (Å²) in [5.74, 6) is 0.0581. The van der Waals surface area contributed by atoms with Gasteiger partial charge in [-0.25, -0.2) is 0 Å². The van der Waals surface area contributed by atoms with Crippen molar-refractivity contribution < 1.29 is 4.79 Å². The molecule has 4 rings (SSSR count). The highest BCUT2D eigenvalue weighted by Gasteiger charge is 2.11. The van der Waals surface area contributed by atoms with Crippen molar-refractivity contribution in [3.05, 3.63) is 83.9 Å². The first-order valence-corrected chi connectivity index (χ1v) is 6.93. The van der Waals surface area contributed by atoms with E-state index < -0.39 is 0 Å². The number of carbonyl (C=O) groups is 1. The lowest BCUT2D eigenvalue weighted by molar-refractivity contribution is 0.103. The molecule has 0 fully saturated rings. The van der Waals surface area contributed by atoms with Crippen molar-refractivity contribution in [2.45, 2.75) is 0 Å². The zero-order valence-electron chi connectivity index (χ0n) is 11.3. The molecule has 1 N–H and O–H groups in total. The number of ketones is 1. The van der Waals surface area contributed by atoms with Crippen LogP contribution in [0.25, 0.3) is 21.8 Å². The quantitative estimate of drug-likeness (QED) is 0.533. The predicted octanol–water partition coefficient (Wildman–Crippen LogP) is 4.55. The van der Waals surface area contributed by atoms with E-state index in [1.165, 1.54) is 0 Å². The lowest BCUT2D eigenvalue weighted by atomic mass is 10.0. The van der Waals surface area contributed by atoms with Gasteiger partial charge in [-0.05, 0) is 24.3 Å². The highest BCUT2D eigenvalue weighted by atomic mass is 16.1. The zero-order chi connectivity index (χ0) is 14.2. The highest BCUT2D eigenvalue weighted by molar-refractivity contribution is 6.14. The number of nitrogens with one attached hydrogen (secondary N) is 1. The summed E-state index contributed by atoms with van der Waals surface area (Å²) >= 11 is 0. The van der Waals surface area contributed by atoms with Crippen molar-refractivity contribution >= 4 is 27.6 Å². The summed E-state index contributed by atoms with van der Waals surface area (Å²) in [6.45, 7) is 0. The van der Waals surface area contributed by atoms with E-state index in [9.17, 15) is 4.79 Å². The Morgan fingerprint density at radius 1 is 0.667 bits per heavy atom. The number of aromatic amines is 1. The number of hydrogen-bond acceptors (Lipinski definition) is 1. The molecule has 0 saturated carbocycles. The SMILES string of the molecule is O=C(c1ccccc1)c1ccc2[nH]c3ccccc3c2c1. The molecule has 0 unspecified atom stereocenters. The third-order valence-corrected chi connectivity index (χ3v) is 3.80. The van der Waals surface area contributed by atoms with E-state index in [0.29, 0.717) is 0 Å². The van der Waals surface area contributed by atoms with Crippen LogP contribution in [-0.4, -0.2) is 10.8 Å². The van der Waals surface area contributed by atoms with Crippen LogP contribution in [0.2, 0.25) is 0 Å². The van der Waals surface area contributed by atoms with Crippen molar-refractivity contribution in [2.75, 3.05) is 0 Å². The number of H-pyrrole nitrogens is 1. The average Bonchev–Trinajstić information content (AvgIpc) is 2.93. The molecule has 21 heavy (non-hydrogen) atoms. The van der Waals surface area contributed by atoms with Gasteiger partial charge in [0.15, 0.2) is 5.78 Å². The summed E-state index contributed by atoms with van der Waals surface area (Å²) in [6.07, 6.45) is 0. The summed E-state index contributed by atoms with van der Waals surface area (Å²) in [5.41, 5.74) is 3.59. The number of para-hydroxylation sites is 1. The first-order valence-electron chi connectivity index (χ1n) is 6.93. The summed E-state index contributed by atoms with van der Waals surface area (Å²) in [7, 11) is 0. The molecule has 2 heteroatoms. The number of hydrogen-bond donors (Lipinski definition) is 1. The number of fused-ring (bicyclic) bond motifs is 3. The van der Waals surface area contributed by atoms with Crippen LogP contribution in [0.15, 0.2) is 72.8 Å². The Morgan fingerprint density at radius 3 is 2.24 bits per heavy atom. The summed E-state index contributed by atoms with van der Waals surface area (Å²) in [4.78, 5) is 15.9. The summed E-state index contributed by atoms with van der Waals surface area (Å²) < 4.78 is 0. The molecule has 0 atom stereocenters. The predicted molar refractivity (Wildman–Crippen MR) is 85.7 cm³/mol. The monoisotopic (exact) mass is 271 g/mol. The Balaban J connectivity index is 1.90. The standard InChI is InChI=1S/C19H13NO/c21-19(13-6-2-1-3-7-13)14-10-11-18-16(12-14)15-8-4-5-9-17(15)20-18/h1-12,20H. The molecular weight excluding hydrogens is 258 g/mol. The molecule has 2 nitrogen and oxygen atoms in total. The topological polar surface area (TPSA) is 32.9 Å². The second-order valence-electron chi connectivity index (χ2n) is 5.13. The second kappa shape index (κ2) is 4.60. The summed E-state index contributed by atoms with van der Waals surface area (Å²) in [6, 6.07) is 23.4. The average molecular weight is 271 g/mol. The van der Waals surface area contributed by atoms with E-state index in [1.807, 2.05) is 66.7 Å². The second-order valence-corrected chi connectivity index (χ2v) is 5.13. The molecule has 0 aliphatic heterocycles. The van der Waals surface area contributed by atoms with E-state index in [2.05, 4.69) is 11.1 Å². The van der Waals surface area contributed by atoms with Gasteiger partial charge in [0.25, 0.3) is 0 Å². The maximum Gasteiger partial charge on any atom is 0.193 e. The maximum absolute atomic E-state index is 12.5. The van der Waals surface area contributed by atoms with Gasteiger partial charge in [-0.1, -0.05) is 48.5 Å². The van der Waals surface area contributed by atoms with Crippen molar-refractivity contribution in [1.29, 1.82) is 0 Å². The molecule has 0 aliphatic carbocycles. The molecule has 3 aromatic carbocycles. The van der Waals surface area contributed by atoms with Gasteiger partial charge in [-0.2, -0.15) is 0 Å². The summed E-state index contributed by atoms with van der Waals surface area (Å²) in [5, 5.41) is 2.24. The van der Waals surface area contributed by atoms with Crippen molar-refractivity contribution in [1.82, 2.24) is 4.98 Å². The van der Waals surface area contributed by atoms with E-state index >= 15 is 0 Å². The Bertz CT molecular complexity index is 951. The van der Waals surface area contributed by atoms with Gasteiger partial charge >= 0.3 is 0 Å². The molecule has 1 heterocycles. The molecule has 0 saturated heterocycles. The lowest BCUT2D eigenvalue weighted by Crippen LogP contribution is -2.00. The van der Waals surface area contributed by atoms with Crippen LogP contribution in [0, 0.1) is 0 Å². The Kier molecular flexibility index (Phi) is 2.61. The third-order valence-electron chi connectivity index (χ3n) is 3.80. The fraction of sp³-hybridized carbons (Fsp3) is 0. The fourth-order valence-electron chi connectivity index (χ4n) is 2.75. The minimum atomic E-state index is 0.0581. The van der Waals surface area contributed by atoms with Crippen LogP contribution in [0.4, 0.5) is 0 Å². The Morgan fingerprint density at radius 2 is 1.38 bits per heavy atom. The minimum Gasteiger partial charge on any atom is -0.355 e. The first-order chi connectivity index (χ1) is 10.3. The van der Waals surface area contributed by atoms with Gasteiger partial charge in [0.05, 0.1) is 0 Å². The lowest BCUT2D eigenvalue weighted by Gasteiger charge is -2.01. The minimum absolute atomic E-state index is 0.0581. The van der Waals surface area contributed by atoms with E-state index in [0.717, 1.165) is 32.9 Å². The number of benzene rings is 3. The van der Waals surface area contributed by atoms with E-state index in [-0.39, 0.29) is 5.78 Å². The number of carbonyl (C=O) groups excluding carboxylic acids is 1. The van der Waals surface area contributed by atoms with E-state index in [4.69, 9.17) is 0 Å². The zero-order valence-corrected chi connectivity index (χ0v) is 11.3. The normalized spacial score (nSPS) is 11.0. The molecule has 1 aromatic heterocycles. The van der Waals surface area contributed by atoms with Crippen LogP contribution < -0.4 is 0 Å². The van der Waals surface area contributed by atoms with Crippen LogP contribution >= 0.6 is 0 Å². The Hall–Kier alpha value is -2.87. The molecule has 0 aliphatic rings. The van der Waals surface area contributed by atoms with Gasteiger partial charge < -0.3 is 4.98 Å². The van der Waals surface area contributed by atoms with Crippen molar-refractivity contribution in [3.8, 4) is 0 Å². The van der Waals surface area contributed by atoms with Gasteiger partial charge in [0.1, 0.15) is 0 Å². The number of rotatable bonds is 2. The molecule has 0 amide bonds. The van der Waals surface area contributed by atoms with Crippen LogP contribution in [0.3, 0.4) is 0 Å². The van der Waals surface area contributed by atoms with Gasteiger partial charge in [0.2, 0.25) is 0 Å². The molecule has 0 spiro atoms. The van der Waals surface area contributed by atoms with Crippen LogP contribution in [0.5, 0.6) is 0 Å². The molecule has 100 valence electrons.